The molecule has 0 fully saturated rings. The third kappa shape index (κ3) is 3.56. The molecule has 2 aromatic carbocycles. The lowest BCUT2D eigenvalue weighted by Gasteiger charge is -2.39. The molecule has 2 N–H and O–H groups in total. The van der Waals surface area contributed by atoms with Gasteiger partial charge in [0.1, 0.15) is 0 Å². The van der Waals surface area contributed by atoms with Crippen molar-refractivity contribution in [3.8, 4) is 0 Å². The Morgan fingerprint density at radius 3 is 2.59 bits per heavy atom. The minimum absolute atomic E-state index is 0.141. The molecule has 27 heavy (non-hydrogen) atoms. The van der Waals surface area contributed by atoms with Crippen molar-refractivity contribution in [3.05, 3.63) is 77.5 Å². The lowest BCUT2D eigenvalue weighted by molar-refractivity contribution is -0.119. The van der Waals surface area contributed by atoms with Crippen LogP contribution in [0.4, 0.5) is 5.69 Å². The maximum absolute atomic E-state index is 11.9. The van der Waals surface area contributed by atoms with Crippen LogP contribution in [-0.2, 0) is 17.8 Å². The number of hydrogen-bond donors (Lipinski definition) is 1. The van der Waals surface area contributed by atoms with Gasteiger partial charge in [0.15, 0.2) is 0 Å². The van der Waals surface area contributed by atoms with Crippen LogP contribution >= 0.6 is 0 Å². The quantitative estimate of drug-likeness (QED) is 0.754. The molecule has 6 heteroatoms. The highest BCUT2D eigenvalue weighted by molar-refractivity contribution is 5.85. The van der Waals surface area contributed by atoms with E-state index in [2.05, 4.69) is 22.0 Å². The van der Waals surface area contributed by atoms with Crippen LogP contribution in [0.3, 0.4) is 0 Å². The average Bonchev–Trinajstić information content (AvgIpc) is 3.11. The molecule has 0 spiro atoms. The van der Waals surface area contributed by atoms with Gasteiger partial charge in [-0.3, -0.25) is 4.79 Å². The Labute approximate surface area is 158 Å². The van der Waals surface area contributed by atoms with Gasteiger partial charge in [-0.15, -0.1) is 10.2 Å². The predicted octanol–water partition coefficient (Wildman–Crippen LogP) is 3.03. The molecule has 3 aromatic rings. The summed E-state index contributed by atoms with van der Waals surface area (Å²) < 4.78 is 5.87. The monoisotopic (exact) mass is 362 g/mol. The van der Waals surface area contributed by atoms with Crippen LogP contribution in [0.1, 0.15) is 42.2 Å². The Morgan fingerprint density at radius 1 is 1.11 bits per heavy atom. The molecule has 0 radical (unpaired) electrons. The van der Waals surface area contributed by atoms with E-state index in [1.165, 1.54) is 0 Å². The minimum Gasteiger partial charge on any atom is -0.423 e. The summed E-state index contributed by atoms with van der Waals surface area (Å²) in [7, 11) is 0. The summed E-state index contributed by atoms with van der Waals surface area (Å²) in [4.78, 5) is 14.1. The first-order chi connectivity index (χ1) is 13.1. The van der Waals surface area contributed by atoms with Crippen LogP contribution < -0.4 is 10.6 Å². The van der Waals surface area contributed by atoms with Gasteiger partial charge in [0, 0.05) is 11.7 Å². The van der Waals surface area contributed by atoms with Gasteiger partial charge in [-0.1, -0.05) is 48.5 Å². The maximum Gasteiger partial charge on any atom is 0.235 e. The Bertz CT molecular complexity index is 938. The van der Waals surface area contributed by atoms with E-state index in [9.17, 15) is 4.79 Å². The number of carbonyl (C=O) groups excluding carboxylic acids is 1. The van der Waals surface area contributed by atoms with Gasteiger partial charge in [0.25, 0.3) is 0 Å². The largest absolute Gasteiger partial charge is 0.423 e. The normalized spacial score (nSPS) is 18.9. The number of hydrogen-bond acceptors (Lipinski definition) is 5. The molecule has 4 rings (SSSR count). The summed E-state index contributed by atoms with van der Waals surface area (Å²) in [5.74, 6) is 0.630. The second-order valence-corrected chi connectivity index (χ2v) is 6.98. The van der Waals surface area contributed by atoms with Gasteiger partial charge in [-0.05, 0) is 30.5 Å². The number of carbonyl (C=O) groups is 1. The Kier molecular flexibility index (Phi) is 4.62. The molecule has 0 bridgehead atoms. The van der Waals surface area contributed by atoms with Crippen molar-refractivity contribution in [2.24, 2.45) is 5.73 Å². The number of amides is 1. The number of para-hydroxylation sites is 1. The molecule has 0 aliphatic carbocycles. The lowest BCUT2D eigenvalue weighted by Crippen LogP contribution is -2.41. The first kappa shape index (κ1) is 17.3. The van der Waals surface area contributed by atoms with Gasteiger partial charge < -0.3 is 15.1 Å². The molecule has 1 amide bonds. The summed E-state index contributed by atoms with van der Waals surface area (Å²) >= 11 is 0. The van der Waals surface area contributed by atoms with Gasteiger partial charge in [-0.25, -0.2) is 0 Å². The fourth-order valence-corrected chi connectivity index (χ4v) is 3.73. The Balaban J connectivity index is 1.55. The highest BCUT2D eigenvalue weighted by Crippen LogP contribution is 2.38. The first-order valence-corrected chi connectivity index (χ1v) is 9.12. The number of fused-ring (bicyclic) bond motifs is 1. The molecular weight excluding hydrogens is 340 g/mol. The van der Waals surface area contributed by atoms with E-state index in [0.717, 1.165) is 16.8 Å². The minimum atomic E-state index is -0.281. The predicted molar refractivity (Wildman–Crippen MR) is 102 cm³/mol. The van der Waals surface area contributed by atoms with Gasteiger partial charge in [0.2, 0.25) is 17.7 Å². The third-order valence-corrected chi connectivity index (χ3v) is 5.09. The van der Waals surface area contributed by atoms with Gasteiger partial charge >= 0.3 is 0 Å². The summed E-state index contributed by atoms with van der Waals surface area (Å²) in [5, 5.41) is 8.40. The standard InChI is InChI=1S/C21H22N4O2/c1-14-11-17(21(22)26)16-9-5-6-10-18(16)25(14)13-20-24-23-19(27-20)12-15-7-3-2-4-8-15/h2-10,14,17H,11-13H2,1H3,(H2,22,26)/t14-,17-/m0/s1. The fourth-order valence-electron chi connectivity index (χ4n) is 3.73. The maximum atomic E-state index is 11.9. The van der Waals surface area contributed by atoms with E-state index >= 15 is 0 Å². The van der Waals surface area contributed by atoms with Crippen molar-refractivity contribution in [1.29, 1.82) is 0 Å². The Hall–Kier alpha value is -3.15. The molecule has 0 saturated heterocycles. The van der Waals surface area contributed by atoms with E-state index in [0.29, 0.717) is 31.2 Å². The number of aromatic nitrogens is 2. The molecule has 2 atom stereocenters. The first-order valence-electron chi connectivity index (χ1n) is 9.12. The van der Waals surface area contributed by atoms with Crippen molar-refractivity contribution in [1.82, 2.24) is 10.2 Å². The van der Waals surface area contributed by atoms with Gasteiger partial charge in [0.05, 0.1) is 18.9 Å². The molecule has 1 aliphatic rings. The molecular formula is C21H22N4O2. The molecule has 6 nitrogen and oxygen atoms in total. The van der Waals surface area contributed by atoms with E-state index in [1.807, 2.05) is 54.6 Å². The number of primary amides is 1. The van der Waals surface area contributed by atoms with E-state index in [1.54, 1.807) is 0 Å². The molecule has 1 aliphatic heterocycles. The van der Waals surface area contributed by atoms with E-state index in [4.69, 9.17) is 10.2 Å². The van der Waals surface area contributed by atoms with Crippen LogP contribution in [0.25, 0.3) is 0 Å². The smallest absolute Gasteiger partial charge is 0.235 e. The van der Waals surface area contributed by atoms with Crippen LogP contribution in [0.15, 0.2) is 59.0 Å². The van der Waals surface area contributed by atoms with Crippen molar-refractivity contribution in [2.45, 2.75) is 38.3 Å². The summed E-state index contributed by atoms with van der Waals surface area (Å²) in [6, 6.07) is 18.1. The molecule has 138 valence electrons. The summed E-state index contributed by atoms with van der Waals surface area (Å²) in [5.41, 5.74) is 8.72. The van der Waals surface area contributed by atoms with Crippen LogP contribution in [0.5, 0.6) is 0 Å². The molecule has 0 unspecified atom stereocenters. The van der Waals surface area contributed by atoms with Crippen molar-refractivity contribution in [2.75, 3.05) is 4.90 Å². The van der Waals surface area contributed by atoms with Crippen molar-refractivity contribution >= 4 is 11.6 Å². The molecule has 1 aromatic heterocycles. The zero-order valence-corrected chi connectivity index (χ0v) is 15.2. The third-order valence-electron chi connectivity index (χ3n) is 5.09. The number of benzene rings is 2. The Morgan fingerprint density at radius 2 is 1.81 bits per heavy atom. The van der Waals surface area contributed by atoms with E-state index < -0.39 is 0 Å². The van der Waals surface area contributed by atoms with Crippen LogP contribution in [-0.4, -0.2) is 22.1 Å². The number of nitrogens with two attached hydrogens (primary N) is 1. The lowest BCUT2D eigenvalue weighted by atomic mass is 9.85. The van der Waals surface area contributed by atoms with Crippen LogP contribution in [0, 0.1) is 0 Å². The van der Waals surface area contributed by atoms with E-state index in [-0.39, 0.29) is 17.9 Å². The fraction of sp³-hybridized carbons (Fsp3) is 0.286. The highest BCUT2D eigenvalue weighted by atomic mass is 16.4. The van der Waals surface area contributed by atoms with Crippen molar-refractivity contribution in [3.63, 3.8) is 0 Å². The second-order valence-electron chi connectivity index (χ2n) is 6.98. The zero-order chi connectivity index (χ0) is 18.8. The zero-order valence-electron chi connectivity index (χ0n) is 15.2. The highest BCUT2D eigenvalue weighted by Gasteiger charge is 2.33. The number of rotatable bonds is 5. The average molecular weight is 362 g/mol. The number of anilines is 1. The van der Waals surface area contributed by atoms with Crippen molar-refractivity contribution < 1.29 is 9.21 Å². The summed E-state index contributed by atoms with van der Waals surface area (Å²) in [6.45, 7) is 2.60. The topological polar surface area (TPSA) is 85.3 Å². The SMILES string of the molecule is C[C@H]1C[C@H](C(N)=O)c2ccccc2N1Cc1nnc(Cc2ccccc2)o1. The molecule has 0 saturated carbocycles. The van der Waals surface area contributed by atoms with Crippen LogP contribution in [0.2, 0.25) is 0 Å². The number of nitrogens with zero attached hydrogens (tertiary/aromatic N) is 3. The summed E-state index contributed by atoms with van der Waals surface area (Å²) in [6.07, 6.45) is 1.29. The van der Waals surface area contributed by atoms with Gasteiger partial charge in [-0.2, -0.15) is 0 Å². The second kappa shape index (κ2) is 7.23. The molecule has 2 heterocycles.